The van der Waals surface area contributed by atoms with Crippen LogP contribution in [-0.2, 0) is 52.5 Å². The molecular weight excluding hydrogens is 476 g/mol. The highest BCUT2D eigenvalue weighted by Crippen LogP contribution is 2.29. The molecule has 7 atom stereocenters. The Morgan fingerprint density at radius 1 is 0.914 bits per heavy atom. The molecule has 1 rings (SSSR count). The molecule has 1 aliphatic rings. The average molecular weight is 506 g/mol. The van der Waals surface area contributed by atoms with E-state index < -0.39 is 91.6 Å². The monoisotopic (exact) mass is 506 g/mol. The topological polar surface area (TPSA) is 227 Å². The number of rotatable bonds is 12. The van der Waals surface area contributed by atoms with Crippen molar-refractivity contribution in [3.8, 4) is 0 Å². The van der Waals surface area contributed by atoms with Crippen molar-refractivity contribution in [1.29, 1.82) is 0 Å². The summed E-state index contributed by atoms with van der Waals surface area (Å²) in [5.41, 5.74) is 5.76. The van der Waals surface area contributed by atoms with Crippen LogP contribution in [0.15, 0.2) is 0 Å². The average Bonchev–Trinajstić information content (AvgIpc) is 2.72. The fourth-order valence-electron chi connectivity index (χ4n) is 3.18. The minimum Gasteiger partial charge on any atom is -0.481 e. The predicted molar refractivity (Wildman–Crippen MR) is 111 cm³/mol. The van der Waals surface area contributed by atoms with E-state index in [4.69, 9.17) is 39.6 Å². The molecule has 0 radical (unpaired) electrons. The van der Waals surface area contributed by atoms with Crippen molar-refractivity contribution in [2.75, 3.05) is 6.61 Å². The summed E-state index contributed by atoms with van der Waals surface area (Å²) in [6, 6.07) is -2.93. The van der Waals surface area contributed by atoms with Crippen LogP contribution >= 0.6 is 0 Å². The molecule has 0 saturated carbocycles. The van der Waals surface area contributed by atoms with Gasteiger partial charge in [0, 0.05) is 27.2 Å². The van der Waals surface area contributed by atoms with Crippen LogP contribution in [0, 0.1) is 0 Å². The molecule has 1 heterocycles. The van der Waals surface area contributed by atoms with E-state index in [0.29, 0.717) is 0 Å². The summed E-state index contributed by atoms with van der Waals surface area (Å²) >= 11 is 0. The third kappa shape index (κ3) is 9.84. The second kappa shape index (κ2) is 13.6. The quantitative estimate of drug-likeness (QED) is 0.171. The highest BCUT2D eigenvalue weighted by Gasteiger charge is 2.51. The predicted octanol–water partition coefficient (Wildman–Crippen LogP) is -1.70. The van der Waals surface area contributed by atoms with Crippen molar-refractivity contribution < 1.29 is 62.7 Å². The Morgan fingerprint density at radius 3 is 1.91 bits per heavy atom. The first-order valence-corrected chi connectivity index (χ1v) is 10.5. The number of aliphatic carboxylic acids is 2. The number of hydrogen-bond acceptors (Lipinski definition) is 12. The van der Waals surface area contributed by atoms with Gasteiger partial charge in [0.05, 0.1) is 12.7 Å². The third-order valence-corrected chi connectivity index (χ3v) is 4.67. The molecule has 35 heavy (non-hydrogen) atoms. The van der Waals surface area contributed by atoms with Gasteiger partial charge < -0.3 is 44.9 Å². The molecule has 0 aromatic carbocycles. The van der Waals surface area contributed by atoms with Crippen LogP contribution in [0.5, 0.6) is 0 Å². The van der Waals surface area contributed by atoms with Gasteiger partial charge in [-0.15, -0.1) is 0 Å². The molecule has 1 amide bonds. The Labute approximate surface area is 200 Å². The molecule has 1 saturated heterocycles. The van der Waals surface area contributed by atoms with Gasteiger partial charge in [0.1, 0.15) is 12.1 Å². The molecule has 198 valence electrons. The standard InChI is InChI=1S/C20H30N2O13/c1-8-15(33-9(2)23)16(34-10(3)24)17(35-11(4)25)20(32-8)31-7-12(21)18(28)22-13(19(29)30)5-6-14(26)27/h8,12-13,15-17,20H,5-7,21H2,1-4H3,(H,22,28)(H,26,27)(H,29,30)/t8-,12-,13+,15+,16+,17-,20-/m0/s1. The van der Waals surface area contributed by atoms with E-state index >= 15 is 0 Å². The summed E-state index contributed by atoms with van der Waals surface area (Å²) in [6.07, 6.45) is -7.06. The number of esters is 3. The van der Waals surface area contributed by atoms with Gasteiger partial charge in [-0.3, -0.25) is 24.0 Å². The van der Waals surface area contributed by atoms with E-state index in [1.807, 2.05) is 0 Å². The van der Waals surface area contributed by atoms with Crippen molar-refractivity contribution in [3.05, 3.63) is 0 Å². The minimum atomic E-state index is -1.50. The molecule has 0 aromatic rings. The number of ether oxygens (including phenoxy) is 5. The Hall–Kier alpha value is -3.30. The van der Waals surface area contributed by atoms with Gasteiger partial charge in [-0.05, 0) is 13.3 Å². The maximum absolute atomic E-state index is 12.3. The highest BCUT2D eigenvalue weighted by atomic mass is 16.7. The second-order valence-corrected chi connectivity index (χ2v) is 7.70. The van der Waals surface area contributed by atoms with Crippen LogP contribution < -0.4 is 11.1 Å². The normalized spacial score (nSPS) is 25.5. The molecule has 1 aliphatic heterocycles. The van der Waals surface area contributed by atoms with E-state index in [2.05, 4.69) is 5.32 Å². The van der Waals surface area contributed by atoms with Crippen molar-refractivity contribution in [1.82, 2.24) is 5.32 Å². The summed E-state index contributed by atoms with van der Waals surface area (Å²) in [5.74, 6) is -5.93. The Bertz CT molecular complexity index is 817. The Morgan fingerprint density at radius 2 is 1.43 bits per heavy atom. The first kappa shape index (κ1) is 29.7. The fourth-order valence-corrected chi connectivity index (χ4v) is 3.18. The van der Waals surface area contributed by atoms with Gasteiger partial charge in [0.15, 0.2) is 24.6 Å². The minimum absolute atomic E-state index is 0.372. The molecule has 5 N–H and O–H groups in total. The Kier molecular flexibility index (Phi) is 11.5. The first-order chi connectivity index (χ1) is 16.2. The number of carbonyl (C=O) groups is 6. The number of nitrogens with two attached hydrogens (primary N) is 1. The number of carbonyl (C=O) groups excluding carboxylic acids is 4. The molecule has 0 bridgehead atoms. The largest absolute Gasteiger partial charge is 0.481 e. The number of amides is 1. The summed E-state index contributed by atoms with van der Waals surface area (Å²) in [4.78, 5) is 69.1. The zero-order valence-corrected chi connectivity index (χ0v) is 19.6. The highest BCUT2D eigenvalue weighted by molar-refractivity contribution is 5.87. The summed E-state index contributed by atoms with van der Waals surface area (Å²) in [7, 11) is 0. The fraction of sp³-hybridized carbons (Fsp3) is 0.700. The summed E-state index contributed by atoms with van der Waals surface area (Å²) < 4.78 is 26.7. The second-order valence-electron chi connectivity index (χ2n) is 7.70. The van der Waals surface area contributed by atoms with Crippen LogP contribution in [0.4, 0.5) is 0 Å². The number of hydrogen-bond donors (Lipinski definition) is 4. The SMILES string of the molecule is CC(=O)O[C@H]1[C@H](OC(C)=O)[C@@H](OC[C@H](N)C(=O)N[C@H](CCC(=O)O)C(=O)O)O[C@@H](C)[C@H]1OC(C)=O. The van der Waals surface area contributed by atoms with Crippen LogP contribution in [0.3, 0.4) is 0 Å². The van der Waals surface area contributed by atoms with Crippen molar-refractivity contribution >= 4 is 35.8 Å². The summed E-state index contributed by atoms with van der Waals surface area (Å²) in [5, 5.41) is 20.0. The zero-order valence-electron chi connectivity index (χ0n) is 19.6. The van der Waals surface area contributed by atoms with E-state index in [0.717, 1.165) is 20.8 Å². The first-order valence-electron chi connectivity index (χ1n) is 10.5. The van der Waals surface area contributed by atoms with Crippen LogP contribution in [0.2, 0.25) is 0 Å². The van der Waals surface area contributed by atoms with Crippen molar-refractivity contribution in [2.45, 2.75) is 83.3 Å². The molecule has 0 aromatic heterocycles. The lowest BCUT2D eigenvalue weighted by Crippen LogP contribution is -2.61. The lowest BCUT2D eigenvalue weighted by Gasteiger charge is -2.43. The van der Waals surface area contributed by atoms with E-state index in [-0.39, 0.29) is 6.42 Å². The van der Waals surface area contributed by atoms with Gasteiger partial charge in [0.2, 0.25) is 5.91 Å². The molecule has 0 aliphatic carbocycles. The van der Waals surface area contributed by atoms with Gasteiger partial charge in [-0.2, -0.15) is 0 Å². The van der Waals surface area contributed by atoms with Gasteiger partial charge in [-0.1, -0.05) is 0 Å². The Balaban J connectivity index is 2.96. The molecule has 15 heteroatoms. The third-order valence-electron chi connectivity index (χ3n) is 4.67. The van der Waals surface area contributed by atoms with Crippen LogP contribution in [0.1, 0.15) is 40.5 Å². The maximum atomic E-state index is 12.3. The van der Waals surface area contributed by atoms with E-state index in [1.54, 1.807) is 0 Å². The van der Waals surface area contributed by atoms with Gasteiger partial charge >= 0.3 is 29.8 Å². The van der Waals surface area contributed by atoms with Gasteiger partial charge in [-0.25, -0.2) is 4.79 Å². The zero-order chi connectivity index (χ0) is 26.9. The molecule has 15 nitrogen and oxygen atoms in total. The van der Waals surface area contributed by atoms with Crippen molar-refractivity contribution in [2.24, 2.45) is 5.73 Å². The maximum Gasteiger partial charge on any atom is 0.326 e. The lowest BCUT2D eigenvalue weighted by molar-refractivity contribution is -0.301. The number of carboxylic acid groups (broad SMARTS) is 2. The van der Waals surface area contributed by atoms with Crippen LogP contribution in [0.25, 0.3) is 0 Å². The lowest BCUT2D eigenvalue weighted by atomic mass is 9.99. The van der Waals surface area contributed by atoms with Crippen LogP contribution in [-0.4, -0.2) is 95.4 Å². The molecular formula is C20H30N2O13. The van der Waals surface area contributed by atoms with E-state index in [9.17, 15) is 28.8 Å². The molecule has 0 unspecified atom stereocenters. The molecule has 0 spiro atoms. The van der Waals surface area contributed by atoms with Crippen molar-refractivity contribution in [3.63, 3.8) is 0 Å². The number of carboxylic acids is 2. The molecule has 1 fully saturated rings. The summed E-state index contributed by atoms with van der Waals surface area (Å²) in [6.45, 7) is 4.21. The van der Waals surface area contributed by atoms with E-state index in [1.165, 1.54) is 6.92 Å². The smallest absolute Gasteiger partial charge is 0.326 e. The van der Waals surface area contributed by atoms with Gasteiger partial charge in [0.25, 0.3) is 0 Å². The number of nitrogens with one attached hydrogen (secondary N) is 1.